The Labute approximate surface area is 201 Å². The second-order valence-corrected chi connectivity index (χ2v) is 9.40. The number of carbonyl (C=O) groups excluding carboxylic acids is 2. The largest absolute Gasteiger partial charge is 0.477 e. The Bertz CT molecular complexity index is 1090. The van der Waals surface area contributed by atoms with Crippen LogP contribution in [0.1, 0.15) is 67.6 Å². The van der Waals surface area contributed by atoms with Crippen LogP contribution >= 0.6 is 0 Å². The number of carbonyl (C=O) groups is 2. The molecule has 3 N–H and O–H groups in total. The van der Waals surface area contributed by atoms with E-state index in [0.29, 0.717) is 29.5 Å². The second-order valence-electron chi connectivity index (χ2n) is 9.40. The van der Waals surface area contributed by atoms with Gasteiger partial charge in [-0.25, -0.2) is 4.98 Å². The van der Waals surface area contributed by atoms with E-state index in [-0.39, 0.29) is 36.3 Å². The van der Waals surface area contributed by atoms with E-state index in [9.17, 15) is 22.8 Å². The molecule has 2 aromatic rings. The number of amides is 2. The Morgan fingerprint density at radius 3 is 2.69 bits per heavy atom. The van der Waals surface area contributed by atoms with Crippen LogP contribution in [0.3, 0.4) is 0 Å². The van der Waals surface area contributed by atoms with Gasteiger partial charge in [0.05, 0.1) is 12.2 Å². The molecule has 1 aromatic heterocycles. The van der Waals surface area contributed by atoms with E-state index in [4.69, 9.17) is 4.74 Å². The first-order valence-corrected chi connectivity index (χ1v) is 11.7. The van der Waals surface area contributed by atoms with Gasteiger partial charge in [0.2, 0.25) is 17.7 Å². The van der Waals surface area contributed by atoms with Crippen LogP contribution in [0.5, 0.6) is 5.88 Å². The standard InChI is InChI=1S/C25H29F3N4O3/c1-14(2)24(34)30-12-16-5-6-19(25(26,27)28)18(9-16)23-31-20(11-21(33)32-23)17-7-8-29-22(10-17)35-13-15-3-4-15/h5-10,14-15,20,23,31H,3-4,11-13H2,1-2H3,(H,30,34)(H,32,33). The fourth-order valence-corrected chi connectivity index (χ4v) is 3.91. The van der Waals surface area contributed by atoms with Gasteiger partial charge in [-0.1, -0.05) is 19.9 Å². The molecule has 2 aliphatic rings. The first kappa shape index (κ1) is 25.0. The van der Waals surface area contributed by atoms with Gasteiger partial charge in [0, 0.05) is 42.8 Å². The number of hydrogen-bond acceptors (Lipinski definition) is 5. The summed E-state index contributed by atoms with van der Waals surface area (Å²) < 4.78 is 47.3. The van der Waals surface area contributed by atoms with Crippen LogP contribution in [0.15, 0.2) is 36.5 Å². The summed E-state index contributed by atoms with van der Waals surface area (Å²) in [6, 6.07) is 6.62. The first-order chi connectivity index (χ1) is 16.6. The molecule has 4 rings (SSSR count). The zero-order valence-corrected chi connectivity index (χ0v) is 19.6. The lowest BCUT2D eigenvalue weighted by Gasteiger charge is -2.33. The van der Waals surface area contributed by atoms with Gasteiger partial charge in [-0.3, -0.25) is 14.9 Å². The number of benzene rings is 1. The molecule has 2 amide bonds. The normalized spacial score (nSPS) is 20.5. The second kappa shape index (κ2) is 10.2. The molecular formula is C25H29F3N4O3. The van der Waals surface area contributed by atoms with Crippen molar-refractivity contribution < 1.29 is 27.5 Å². The predicted octanol–water partition coefficient (Wildman–Crippen LogP) is 4.01. The number of nitrogens with one attached hydrogen (secondary N) is 3. The molecule has 1 aliphatic carbocycles. The van der Waals surface area contributed by atoms with E-state index < -0.39 is 23.9 Å². The SMILES string of the molecule is CC(C)C(=O)NCc1ccc(C(F)(F)F)c(C2NC(=O)CC(c3ccnc(OCC4CC4)c3)N2)c1. The topological polar surface area (TPSA) is 92.4 Å². The van der Waals surface area contributed by atoms with E-state index in [1.165, 1.54) is 12.1 Å². The molecule has 0 spiro atoms. The first-order valence-electron chi connectivity index (χ1n) is 11.7. The van der Waals surface area contributed by atoms with Crippen molar-refractivity contribution >= 4 is 11.8 Å². The molecule has 0 radical (unpaired) electrons. The summed E-state index contributed by atoms with van der Waals surface area (Å²) in [5, 5.41) is 8.49. The minimum Gasteiger partial charge on any atom is -0.477 e. The van der Waals surface area contributed by atoms with Crippen molar-refractivity contribution in [2.24, 2.45) is 11.8 Å². The molecule has 2 heterocycles. The van der Waals surface area contributed by atoms with E-state index in [2.05, 4.69) is 20.9 Å². The van der Waals surface area contributed by atoms with E-state index in [1.807, 2.05) is 0 Å². The summed E-state index contributed by atoms with van der Waals surface area (Å²) in [5.74, 6) is 0.151. The van der Waals surface area contributed by atoms with E-state index >= 15 is 0 Å². The highest BCUT2D eigenvalue weighted by atomic mass is 19.4. The number of nitrogens with zero attached hydrogens (tertiary/aromatic N) is 1. The molecule has 10 heteroatoms. The molecule has 35 heavy (non-hydrogen) atoms. The molecule has 2 atom stereocenters. The van der Waals surface area contributed by atoms with Gasteiger partial charge in [0.25, 0.3) is 0 Å². The molecule has 2 unspecified atom stereocenters. The maximum absolute atomic E-state index is 13.8. The van der Waals surface area contributed by atoms with Crippen molar-refractivity contribution in [3.63, 3.8) is 0 Å². The molecule has 1 aromatic carbocycles. The van der Waals surface area contributed by atoms with Gasteiger partial charge in [-0.05, 0) is 48.1 Å². The quantitative estimate of drug-likeness (QED) is 0.520. The zero-order chi connectivity index (χ0) is 25.2. The molecule has 1 aliphatic heterocycles. The number of halogens is 3. The maximum Gasteiger partial charge on any atom is 0.416 e. The Kier molecular flexibility index (Phi) is 7.30. The number of aromatic nitrogens is 1. The van der Waals surface area contributed by atoms with Crippen LogP contribution in [0.4, 0.5) is 13.2 Å². The van der Waals surface area contributed by atoms with Crippen molar-refractivity contribution in [1.29, 1.82) is 0 Å². The van der Waals surface area contributed by atoms with Crippen LogP contribution in [0, 0.1) is 11.8 Å². The van der Waals surface area contributed by atoms with Gasteiger partial charge in [0.15, 0.2) is 0 Å². The lowest BCUT2D eigenvalue weighted by atomic mass is 9.96. The lowest BCUT2D eigenvalue weighted by molar-refractivity contribution is -0.139. The average molecular weight is 491 g/mol. The third-order valence-corrected chi connectivity index (χ3v) is 6.11. The Hall–Kier alpha value is -3.14. The smallest absolute Gasteiger partial charge is 0.416 e. The number of ether oxygens (including phenoxy) is 1. The van der Waals surface area contributed by atoms with Crippen molar-refractivity contribution in [1.82, 2.24) is 20.9 Å². The summed E-state index contributed by atoms with van der Waals surface area (Å²) >= 11 is 0. The van der Waals surface area contributed by atoms with Crippen molar-refractivity contribution in [2.75, 3.05) is 6.61 Å². The predicted molar refractivity (Wildman–Crippen MR) is 122 cm³/mol. The Morgan fingerprint density at radius 2 is 2.00 bits per heavy atom. The Morgan fingerprint density at radius 1 is 1.23 bits per heavy atom. The summed E-state index contributed by atoms with van der Waals surface area (Å²) in [4.78, 5) is 28.7. The fourth-order valence-electron chi connectivity index (χ4n) is 3.91. The van der Waals surface area contributed by atoms with Gasteiger partial charge < -0.3 is 15.4 Å². The highest BCUT2D eigenvalue weighted by molar-refractivity contribution is 5.78. The van der Waals surface area contributed by atoms with Crippen LogP contribution in [0.2, 0.25) is 0 Å². The van der Waals surface area contributed by atoms with Crippen molar-refractivity contribution in [3.8, 4) is 5.88 Å². The Balaban J connectivity index is 1.57. The van der Waals surface area contributed by atoms with Gasteiger partial charge in [0.1, 0.15) is 6.17 Å². The minimum atomic E-state index is -4.62. The van der Waals surface area contributed by atoms with Gasteiger partial charge in [-0.2, -0.15) is 13.2 Å². The molecule has 1 saturated carbocycles. The number of alkyl halides is 3. The van der Waals surface area contributed by atoms with Gasteiger partial charge in [-0.15, -0.1) is 0 Å². The van der Waals surface area contributed by atoms with Crippen molar-refractivity contribution in [2.45, 2.75) is 58.0 Å². The van der Waals surface area contributed by atoms with Gasteiger partial charge >= 0.3 is 6.18 Å². The summed E-state index contributed by atoms with van der Waals surface area (Å²) in [6.07, 6.45) is -1.79. The molecule has 2 fully saturated rings. The molecular weight excluding hydrogens is 461 g/mol. The van der Waals surface area contributed by atoms with Crippen LogP contribution in [-0.2, 0) is 22.3 Å². The molecule has 0 bridgehead atoms. The van der Waals surface area contributed by atoms with E-state index in [0.717, 1.165) is 18.9 Å². The number of pyridine rings is 1. The van der Waals surface area contributed by atoms with Crippen molar-refractivity contribution in [3.05, 3.63) is 58.8 Å². The monoisotopic (exact) mass is 490 g/mol. The number of hydrogen-bond donors (Lipinski definition) is 3. The van der Waals surface area contributed by atoms with Crippen LogP contribution < -0.4 is 20.7 Å². The third-order valence-electron chi connectivity index (χ3n) is 6.11. The number of rotatable bonds is 8. The highest BCUT2D eigenvalue weighted by Crippen LogP contribution is 2.37. The molecule has 7 nitrogen and oxygen atoms in total. The lowest BCUT2D eigenvalue weighted by Crippen LogP contribution is -2.47. The fraction of sp³-hybridized carbons (Fsp3) is 0.480. The molecule has 1 saturated heterocycles. The summed E-state index contributed by atoms with van der Waals surface area (Å²) in [5.41, 5.74) is 0.253. The molecule has 188 valence electrons. The minimum absolute atomic E-state index is 0.0636. The average Bonchev–Trinajstić information content (AvgIpc) is 3.65. The zero-order valence-electron chi connectivity index (χ0n) is 19.6. The third kappa shape index (κ3) is 6.50. The summed E-state index contributed by atoms with van der Waals surface area (Å²) in [6.45, 7) is 4.12. The summed E-state index contributed by atoms with van der Waals surface area (Å²) in [7, 11) is 0. The van der Waals surface area contributed by atoms with E-state index in [1.54, 1.807) is 32.2 Å². The highest BCUT2D eigenvalue weighted by Gasteiger charge is 2.38. The van der Waals surface area contributed by atoms with Crippen LogP contribution in [0.25, 0.3) is 0 Å². The maximum atomic E-state index is 13.8. The van der Waals surface area contributed by atoms with Crippen LogP contribution in [-0.4, -0.2) is 23.4 Å².